The summed E-state index contributed by atoms with van der Waals surface area (Å²) in [6.07, 6.45) is 8.66. The molecule has 1 spiro atoms. The van der Waals surface area contributed by atoms with Gasteiger partial charge in [0.25, 0.3) is 0 Å². The number of furan rings is 1. The molecule has 4 nitrogen and oxygen atoms in total. The summed E-state index contributed by atoms with van der Waals surface area (Å²) < 4.78 is 5.35. The highest BCUT2D eigenvalue weighted by molar-refractivity contribution is 5.80. The molecule has 4 heteroatoms. The predicted molar refractivity (Wildman–Crippen MR) is 76.0 cm³/mol. The van der Waals surface area contributed by atoms with Crippen molar-refractivity contribution in [1.82, 2.24) is 10.2 Å². The molecule has 1 saturated carbocycles. The predicted octanol–water partition coefficient (Wildman–Crippen LogP) is 2.62. The van der Waals surface area contributed by atoms with Gasteiger partial charge in [-0.1, -0.05) is 12.8 Å². The standard InChI is InChI=1S/C15H23N3O/c1-16-14(17-11-13-5-4-10-19-13)18-9-8-15(12-18)6-2-3-7-15/h4-5,10H,2-3,6-9,11-12H2,1H3,(H,16,17). The van der Waals surface area contributed by atoms with E-state index < -0.39 is 0 Å². The SMILES string of the molecule is CN=C(NCc1ccco1)N1CCC2(CCCC2)C1. The van der Waals surface area contributed by atoms with Crippen LogP contribution in [-0.4, -0.2) is 31.0 Å². The Morgan fingerprint density at radius 2 is 2.26 bits per heavy atom. The van der Waals surface area contributed by atoms with Gasteiger partial charge in [0.15, 0.2) is 5.96 Å². The topological polar surface area (TPSA) is 40.8 Å². The maximum absolute atomic E-state index is 5.35. The van der Waals surface area contributed by atoms with Crippen molar-refractivity contribution in [2.24, 2.45) is 10.4 Å². The molecule has 1 aromatic heterocycles. The molecule has 0 unspecified atom stereocenters. The van der Waals surface area contributed by atoms with E-state index in [0.29, 0.717) is 12.0 Å². The van der Waals surface area contributed by atoms with Crippen LogP contribution in [0.25, 0.3) is 0 Å². The highest BCUT2D eigenvalue weighted by Gasteiger charge is 2.40. The lowest BCUT2D eigenvalue weighted by Crippen LogP contribution is -2.40. The molecule has 1 aliphatic heterocycles. The molecular formula is C15H23N3O. The van der Waals surface area contributed by atoms with Crippen LogP contribution in [0.1, 0.15) is 37.9 Å². The van der Waals surface area contributed by atoms with E-state index in [4.69, 9.17) is 4.42 Å². The van der Waals surface area contributed by atoms with Crippen LogP contribution >= 0.6 is 0 Å². The average Bonchev–Trinajstić information content (AvgIpc) is 3.15. The molecule has 1 aromatic rings. The summed E-state index contributed by atoms with van der Waals surface area (Å²) in [7, 11) is 1.87. The highest BCUT2D eigenvalue weighted by Crippen LogP contribution is 2.45. The van der Waals surface area contributed by atoms with E-state index >= 15 is 0 Å². The molecular weight excluding hydrogens is 238 g/mol. The summed E-state index contributed by atoms with van der Waals surface area (Å²) in [5.74, 6) is 1.97. The van der Waals surface area contributed by atoms with Crippen molar-refractivity contribution in [2.45, 2.75) is 38.6 Å². The Bertz CT molecular complexity index is 432. The van der Waals surface area contributed by atoms with Crippen LogP contribution in [0, 0.1) is 5.41 Å². The molecule has 1 saturated heterocycles. The van der Waals surface area contributed by atoms with E-state index in [2.05, 4.69) is 15.2 Å². The Morgan fingerprint density at radius 1 is 1.42 bits per heavy atom. The van der Waals surface area contributed by atoms with Gasteiger partial charge in [0.1, 0.15) is 5.76 Å². The Balaban J connectivity index is 1.58. The van der Waals surface area contributed by atoms with Crippen molar-refractivity contribution >= 4 is 5.96 Å². The normalized spacial score (nSPS) is 22.4. The number of guanidine groups is 1. The van der Waals surface area contributed by atoms with Crippen molar-refractivity contribution in [3.63, 3.8) is 0 Å². The van der Waals surface area contributed by atoms with Crippen LogP contribution in [0.3, 0.4) is 0 Å². The summed E-state index contributed by atoms with van der Waals surface area (Å²) in [6, 6.07) is 3.91. The molecule has 1 aliphatic carbocycles. The molecule has 2 heterocycles. The monoisotopic (exact) mass is 261 g/mol. The first-order valence-corrected chi connectivity index (χ1v) is 7.29. The van der Waals surface area contributed by atoms with E-state index in [9.17, 15) is 0 Å². The van der Waals surface area contributed by atoms with Gasteiger partial charge in [-0.05, 0) is 36.8 Å². The van der Waals surface area contributed by atoms with Crippen LogP contribution in [0.2, 0.25) is 0 Å². The third-order valence-electron chi connectivity index (χ3n) is 4.61. The van der Waals surface area contributed by atoms with Gasteiger partial charge in [-0.3, -0.25) is 4.99 Å². The van der Waals surface area contributed by atoms with E-state index in [1.54, 1.807) is 6.26 Å². The van der Waals surface area contributed by atoms with Crippen molar-refractivity contribution in [1.29, 1.82) is 0 Å². The fourth-order valence-electron chi connectivity index (χ4n) is 3.56. The lowest BCUT2D eigenvalue weighted by molar-refractivity contribution is 0.309. The van der Waals surface area contributed by atoms with E-state index in [1.165, 1.54) is 38.6 Å². The van der Waals surface area contributed by atoms with Crippen LogP contribution in [-0.2, 0) is 6.54 Å². The van der Waals surface area contributed by atoms with Crippen LogP contribution in [0.4, 0.5) is 0 Å². The first-order valence-electron chi connectivity index (χ1n) is 7.29. The Morgan fingerprint density at radius 3 is 2.95 bits per heavy atom. The van der Waals surface area contributed by atoms with Gasteiger partial charge in [-0.2, -0.15) is 0 Å². The molecule has 2 aliphatic rings. The lowest BCUT2D eigenvalue weighted by Gasteiger charge is -2.25. The van der Waals surface area contributed by atoms with Crippen LogP contribution in [0.5, 0.6) is 0 Å². The molecule has 3 rings (SSSR count). The second kappa shape index (κ2) is 5.27. The first kappa shape index (κ1) is 12.6. The Kier molecular flexibility index (Phi) is 3.49. The van der Waals surface area contributed by atoms with E-state index in [0.717, 1.165) is 18.3 Å². The third kappa shape index (κ3) is 2.62. The maximum atomic E-state index is 5.35. The number of aliphatic imine (C=N–C) groups is 1. The molecule has 19 heavy (non-hydrogen) atoms. The van der Waals surface area contributed by atoms with Gasteiger partial charge in [0.2, 0.25) is 0 Å². The van der Waals surface area contributed by atoms with Crippen LogP contribution in [0.15, 0.2) is 27.8 Å². The zero-order chi connectivity index (χ0) is 13.1. The number of hydrogen-bond acceptors (Lipinski definition) is 2. The second-order valence-electron chi connectivity index (χ2n) is 5.86. The summed E-state index contributed by atoms with van der Waals surface area (Å²) in [5.41, 5.74) is 0.586. The summed E-state index contributed by atoms with van der Waals surface area (Å²) in [6.45, 7) is 3.02. The van der Waals surface area contributed by atoms with Gasteiger partial charge < -0.3 is 14.6 Å². The lowest BCUT2D eigenvalue weighted by atomic mass is 9.86. The van der Waals surface area contributed by atoms with Gasteiger partial charge in [0, 0.05) is 20.1 Å². The summed E-state index contributed by atoms with van der Waals surface area (Å²) in [5, 5.41) is 3.40. The fraction of sp³-hybridized carbons (Fsp3) is 0.667. The number of hydrogen-bond donors (Lipinski definition) is 1. The Labute approximate surface area is 114 Å². The van der Waals surface area contributed by atoms with Gasteiger partial charge >= 0.3 is 0 Å². The van der Waals surface area contributed by atoms with E-state index in [1.807, 2.05) is 19.2 Å². The summed E-state index contributed by atoms with van der Waals surface area (Å²) in [4.78, 5) is 6.82. The van der Waals surface area contributed by atoms with E-state index in [-0.39, 0.29) is 0 Å². The van der Waals surface area contributed by atoms with Crippen molar-refractivity contribution in [3.8, 4) is 0 Å². The molecule has 0 aromatic carbocycles. The minimum Gasteiger partial charge on any atom is -0.467 e. The Hall–Kier alpha value is -1.45. The molecule has 2 fully saturated rings. The number of rotatable bonds is 2. The number of nitrogens with zero attached hydrogens (tertiary/aromatic N) is 2. The number of likely N-dealkylation sites (tertiary alicyclic amines) is 1. The van der Waals surface area contributed by atoms with Crippen LogP contribution < -0.4 is 5.32 Å². The average molecular weight is 261 g/mol. The quantitative estimate of drug-likeness (QED) is 0.657. The minimum absolute atomic E-state index is 0.586. The zero-order valence-electron chi connectivity index (χ0n) is 11.7. The number of nitrogens with one attached hydrogen (secondary N) is 1. The third-order valence-corrected chi connectivity index (χ3v) is 4.61. The smallest absolute Gasteiger partial charge is 0.194 e. The van der Waals surface area contributed by atoms with Crippen molar-refractivity contribution in [2.75, 3.05) is 20.1 Å². The minimum atomic E-state index is 0.586. The largest absolute Gasteiger partial charge is 0.467 e. The van der Waals surface area contributed by atoms with Gasteiger partial charge in [-0.15, -0.1) is 0 Å². The summed E-state index contributed by atoms with van der Waals surface area (Å²) >= 11 is 0. The first-order chi connectivity index (χ1) is 9.31. The van der Waals surface area contributed by atoms with Crippen molar-refractivity contribution < 1.29 is 4.42 Å². The zero-order valence-corrected chi connectivity index (χ0v) is 11.7. The molecule has 104 valence electrons. The molecule has 0 radical (unpaired) electrons. The molecule has 0 bridgehead atoms. The second-order valence-corrected chi connectivity index (χ2v) is 5.86. The van der Waals surface area contributed by atoms with Crippen molar-refractivity contribution in [3.05, 3.63) is 24.2 Å². The molecule has 0 amide bonds. The maximum Gasteiger partial charge on any atom is 0.194 e. The fourth-order valence-corrected chi connectivity index (χ4v) is 3.56. The molecule has 1 N–H and O–H groups in total. The van der Waals surface area contributed by atoms with Gasteiger partial charge in [0.05, 0.1) is 12.8 Å². The van der Waals surface area contributed by atoms with Gasteiger partial charge in [-0.25, -0.2) is 0 Å². The highest BCUT2D eigenvalue weighted by atomic mass is 16.3. The molecule has 0 atom stereocenters.